The molecule has 1 amide bonds. The van der Waals surface area contributed by atoms with Crippen LogP contribution in [0, 0.1) is 6.92 Å². The van der Waals surface area contributed by atoms with E-state index in [0.29, 0.717) is 22.7 Å². The number of aryl methyl sites for hydroxylation is 1. The van der Waals surface area contributed by atoms with Crippen molar-refractivity contribution in [3.63, 3.8) is 0 Å². The van der Waals surface area contributed by atoms with Crippen LogP contribution in [0.2, 0.25) is 0 Å². The molecular formula is C19H21NO5. The van der Waals surface area contributed by atoms with Crippen LogP contribution in [0.15, 0.2) is 42.5 Å². The van der Waals surface area contributed by atoms with Crippen LogP contribution >= 0.6 is 0 Å². The third-order valence-electron chi connectivity index (χ3n) is 3.48. The maximum atomic E-state index is 12.2. The number of benzene rings is 2. The lowest BCUT2D eigenvalue weighted by Gasteiger charge is -2.10. The van der Waals surface area contributed by atoms with Crippen molar-refractivity contribution in [2.24, 2.45) is 0 Å². The average Bonchev–Trinajstić information content (AvgIpc) is 2.61. The predicted octanol–water partition coefficient (Wildman–Crippen LogP) is 2.85. The van der Waals surface area contributed by atoms with E-state index >= 15 is 0 Å². The van der Waals surface area contributed by atoms with Crippen molar-refractivity contribution in [3.8, 4) is 11.5 Å². The predicted molar refractivity (Wildman–Crippen MR) is 94.5 cm³/mol. The second kappa shape index (κ2) is 8.84. The van der Waals surface area contributed by atoms with Gasteiger partial charge in [-0.15, -0.1) is 0 Å². The van der Waals surface area contributed by atoms with E-state index in [9.17, 15) is 9.59 Å². The Bertz CT molecular complexity index is 757. The molecule has 0 atom stereocenters. The van der Waals surface area contributed by atoms with Crippen molar-refractivity contribution in [1.29, 1.82) is 0 Å². The number of anilines is 1. The van der Waals surface area contributed by atoms with Crippen molar-refractivity contribution in [1.82, 2.24) is 0 Å². The van der Waals surface area contributed by atoms with E-state index in [-0.39, 0.29) is 24.9 Å². The molecule has 1 N–H and O–H groups in total. The summed E-state index contributed by atoms with van der Waals surface area (Å²) in [5.74, 6) is 0.395. The second-order valence-corrected chi connectivity index (χ2v) is 5.40. The summed E-state index contributed by atoms with van der Waals surface area (Å²) in [7, 11) is 3.01. The zero-order chi connectivity index (χ0) is 18.2. The molecule has 132 valence electrons. The summed E-state index contributed by atoms with van der Waals surface area (Å²) in [6, 6.07) is 12.3. The Morgan fingerprint density at radius 3 is 2.48 bits per heavy atom. The molecule has 0 unspecified atom stereocenters. The third kappa shape index (κ3) is 5.32. The highest BCUT2D eigenvalue weighted by Gasteiger charge is 2.14. The van der Waals surface area contributed by atoms with Crippen molar-refractivity contribution in [2.75, 3.05) is 32.8 Å². The lowest BCUT2D eigenvalue weighted by atomic mass is 10.1. The molecular weight excluding hydrogens is 322 g/mol. The van der Waals surface area contributed by atoms with E-state index < -0.39 is 0 Å². The molecule has 0 heterocycles. The van der Waals surface area contributed by atoms with Crippen LogP contribution in [0.5, 0.6) is 11.5 Å². The van der Waals surface area contributed by atoms with Gasteiger partial charge in [-0.1, -0.05) is 12.1 Å². The van der Waals surface area contributed by atoms with Gasteiger partial charge in [-0.2, -0.15) is 0 Å². The summed E-state index contributed by atoms with van der Waals surface area (Å²) in [5, 5.41) is 2.72. The van der Waals surface area contributed by atoms with E-state index in [1.165, 1.54) is 14.2 Å². The third-order valence-corrected chi connectivity index (χ3v) is 3.48. The molecule has 0 saturated carbocycles. The van der Waals surface area contributed by atoms with Crippen LogP contribution in [0.25, 0.3) is 0 Å². The Morgan fingerprint density at radius 1 is 1.00 bits per heavy atom. The largest absolute Gasteiger partial charge is 0.497 e. The molecule has 2 rings (SSSR count). The molecule has 0 aliphatic rings. The standard InChI is InChI=1S/C19H21NO5/c1-13-5-4-6-14(9-13)20-19(22)12-25-11-17(21)16-8-7-15(23-2)10-18(16)24-3/h4-10H,11-12H2,1-3H3,(H,20,22). The van der Waals surface area contributed by atoms with E-state index in [1.807, 2.05) is 25.1 Å². The van der Waals surface area contributed by atoms with Gasteiger partial charge in [0.15, 0.2) is 5.78 Å². The summed E-state index contributed by atoms with van der Waals surface area (Å²) in [6.45, 7) is 1.51. The fraction of sp³-hybridized carbons (Fsp3) is 0.263. The van der Waals surface area contributed by atoms with Gasteiger partial charge in [0.2, 0.25) is 5.91 Å². The number of hydrogen-bond acceptors (Lipinski definition) is 5. The number of rotatable bonds is 8. The molecule has 25 heavy (non-hydrogen) atoms. The quantitative estimate of drug-likeness (QED) is 0.746. The molecule has 6 nitrogen and oxygen atoms in total. The normalized spacial score (nSPS) is 10.2. The van der Waals surface area contributed by atoms with Crippen molar-refractivity contribution < 1.29 is 23.8 Å². The minimum Gasteiger partial charge on any atom is -0.497 e. The summed E-state index contributed by atoms with van der Waals surface area (Å²) in [5.41, 5.74) is 2.11. The summed E-state index contributed by atoms with van der Waals surface area (Å²) >= 11 is 0. The summed E-state index contributed by atoms with van der Waals surface area (Å²) in [6.07, 6.45) is 0. The number of ketones is 1. The first-order valence-corrected chi connectivity index (χ1v) is 7.73. The fourth-order valence-corrected chi connectivity index (χ4v) is 2.26. The van der Waals surface area contributed by atoms with E-state index in [1.54, 1.807) is 24.3 Å². The second-order valence-electron chi connectivity index (χ2n) is 5.40. The number of carbonyl (C=O) groups excluding carboxylic acids is 2. The molecule has 0 aromatic heterocycles. The van der Waals surface area contributed by atoms with Gasteiger partial charge >= 0.3 is 0 Å². The van der Waals surface area contributed by atoms with Gasteiger partial charge in [-0.3, -0.25) is 9.59 Å². The minimum atomic E-state index is -0.319. The van der Waals surface area contributed by atoms with E-state index in [0.717, 1.165) is 5.56 Å². The van der Waals surface area contributed by atoms with Gasteiger partial charge in [0, 0.05) is 11.8 Å². The maximum Gasteiger partial charge on any atom is 0.250 e. The number of methoxy groups -OCH3 is 2. The van der Waals surface area contributed by atoms with Crippen molar-refractivity contribution in [3.05, 3.63) is 53.6 Å². The van der Waals surface area contributed by atoms with Crippen molar-refractivity contribution >= 4 is 17.4 Å². The first kappa shape index (κ1) is 18.5. The Morgan fingerprint density at radius 2 is 1.80 bits per heavy atom. The highest BCUT2D eigenvalue weighted by Crippen LogP contribution is 2.24. The molecule has 0 bridgehead atoms. The lowest BCUT2D eigenvalue weighted by Crippen LogP contribution is -2.21. The molecule has 0 aliphatic carbocycles. The van der Waals surface area contributed by atoms with Gasteiger partial charge in [-0.05, 0) is 36.8 Å². The van der Waals surface area contributed by atoms with Crippen LogP contribution in [-0.2, 0) is 9.53 Å². The number of Topliss-reactive ketones (excluding diaryl/α,β-unsaturated/α-hetero) is 1. The smallest absolute Gasteiger partial charge is 0.250 e. The molecule has 2 aromatic carbocycles. The zero-order valence-corrected chi connectivity index (χ0v) is 14.5. The topological polar surface area (TPSA) is 73.9 Å². The summed E-state index contributed by atoms with van der Waals surface area (Å²) in [4.78, 5) is 24.1. The van der Waals surface area contributed by atoms with Crippen LogP contribution in [0.3, 0.4) is 0 Å². The molecule has 2 aromatic rings. The van der Waals surface area contributed by atoms with Gasteiger partial charge in [0.25, 0.3) is 0 Å². The molecule has 0 aliphatic heterocycles. The first-order valence-electron chi connectivity index (χ1n) is 7.73. The first-order chi connectivity index (χ1) is 12.0. The Balaban J connectivity index is 1.87. The van der Waals surface area contributed by atoms with Gasteiger partial charge < -0.3 is 19.5 Å². The number of ether oxygens (including phenoxy) is 3. The number of amides is 1. The van der Waals surface area contributed by atoms with Gasteiger partial charge in [-0.25, -0.2) is 0 Å². The molecule has 6 heteroatoms. The van der Waals surface area contributed by atoms with Crippen LogP contribution < -0.4 is 14.8 Å². The summed E-state index contributed by atoms with van der Waals surface area (Å²) < 4.78 is 15.5. The van der Waals surface area contributed by atoms with Gasteiger partial charge in [0.1, 0.15) is 24.7 Å². The average molecular weight is 343 g/mol. The van der Waals surface area contributed by atoms with Crippen LogP contribution in [0.1, 0.15) is 15.9 Å². The lowest BCUT2D eigenvalue weighted by molar-refractivity contribution is -0.120. The minimum absolute atomic E-state index is 0.210. The maximum absolute atomic E-state index is 12.2. The molecule has 0 radical (unpaired) electrons. The Labute approximate surface area is 146 Å². The van der Waals surface area contributed by atoms with E-state index in [4.69, 9.17) is 14.2 Å². The van der Waals surface area contributed by atoms with Crippen LogP contribution in [-0.4, -0.2) is 39.1 Å². The Hall–Kier alpha value is -2.86. The highest BCUT2D eigenvalue weighted by molar-refractivity contribution is 6.00. The van der Waals surface area contributed by atoms with Crippen LogP contribution in [0.4, 0.5) is 5.69 Å². The SMILES string of the molecule is COc1ccc(C(=O)COCC(=O)Nc2cccc(C)c2)c(OC)c1. The Kier molecular flexibility index (Phi) is 6.54. The fourth-order valence-electron chi connectivity index (χ4n) is 2.26. The number of nitrogens with one attached hydrogen (secondary N) is 1. The highest BCUT2D eigenvalue weighted by atomic mass is 16.5. The monoisotopic (exact) mass is 343 g/mol. The zero-order valence-electron chi connectivity index (χ0n) is 14.5. The number of hydrogen-bond donors (Lipinski definition) is 1. The van der Waals surface area contributed by atoms with Crippen molar-refractivity contribution in [2.45, 2.75) is 6.92 Å². The van der Waals surface area contributed by atoms with Gasteiger partial charge in [0.05, 0.1) is 19.8 Å². The molecule has 0 saturated heterocycles. The number of carbonyl (C=O) groups is 2. The molecule has 0 fully saturated rings. The van der Waals surface area contributed by atoms with E-state index in [2.05, 4.69) is 5.32 Å². The molecule has 0 spiro atoms.